The van der Waals surface area contributed by atoms with Crippen LogP contribution in [0, 0.1) is 0 Å². The second-order valence-corrected chi connectivity index (χ2v) is 10.5. The third-order valence-corrected chi connectivity index (χ3v) is 6.92. The van der Waals surface area contributed by atoms with Gasteiger partial charge in [0.1, 0.15) is 5.65 Å². The molecule has 1 amide bonds. The molecule has 6 nitrogen and oxygen atoms in total. The summed E-state index contributed by atoms with van der Waals surface area (Å²) in [5, 5.41) is 9.13. The van der Waals surface area contributed by atoms with Gasteiger partial charge in [0.15, 0.2) is 0 Å². The monoisotopic (exact) mass is 455 g/mol. The van der Waals surface area contributed by atoms with Gasteiger partial charge >= 0.3 is 0 Å². The maximum absolute atomic E-state index is 13.0. The Hall–Kier alpha value is -3.41. The number of fused-ring (bicyclic) bond motifs is 2. The number of pyridine rings is 2. The molecule has 34 heavy (non-hydrogen) atoms. The van der Waals surface area contributed by atoms with Crippen LogP contribution >= 0.6 is 0 Å². The molecule has 4 aromatic rings. The van der Waals surface area contributed by atoms with Gasteiger partial charge in [-0.05, 0) is 49.9 Å². The molecule has 0 bridgehead atoms. The summed E-state index contributed by atoms with van der Waals surface area (Å²) in [5.41, 5.74) is 4.80. The molecule has 1 saturated carbocycles. The van der Waals surface area contributed by atoms with Crippen molar-refractivity contribution in [2.75, 3.05) is 5.32 Å². The van der Waals surface area contributed by atoms with Crippen LogP contribution in [0.5, 0.6) is 0 Å². The maximum atomic E-state index is 13.0. The average molecular weight is 456 g/mol. The molecule has 1 fully saturated rings. The normalized spacial score (nSPS) is 18.8. The first-order chi connectivity index (χ1) is 16.3. The lowest BCUT2D eigenvalue weighted by atomic mass is 9.89. The molecule has 1 aliphatic carbocycles. The van der Waals surface area contributed by atoms with Crippen molar-refractivity contribution in [2.45, 2.75) is 64.0 Å². The van der Waals surface area contributed by atoms with Crippen LogP contribution in [-0.4, -0.2) is 32.5 Å². The van der Waals surface area contributed by atoms with Crippen molar-refractivity contribution in [1.29, 1.82) is 0 Å². The first-order valence-electron chi connectivity index (χ1n) is 12.2. The van der Waals surface area contributed by atoms with E-state index in [2.05, 4.69) is 60.7 Å². The molecule has 0 unspecified atom stereocenters. The van der Waals surface area contributed by atoms with Crippen molar-refractivity contribution >= 4 is 33.5 Å². The van der Waals surface area contributed by atoms with Crippen molar-refractivity contribution in [2.24, 2.45) is 7.05 Å². The number of carbonyl (C=O) groups is 1. The van der Waals surface area contributed by atoms with E-state index in [4.69, 9.17) is 4.98 Å². The fourth-order valence-electron chi connectivity index (χ4n) is 4.91. The number of hydrogen-bond acceptors (Lipinski definition) is 4. The Bertz CT molecular complexity index is 1340. The number of carbonyl (C=O) groups excluding carboxylic acids is 1. The Morgan fingerprint density at radius 3 is 2.50 bits per heavy atom. The van der Waals surface area contributed by atoms with E-state index in [0.717, 1.165) is 59.0 Å². The number of anilines is 1. The molecular weight excluding hydrogens is 422 g/mol. The number of rotatable bonds is 4. The molecule has 1 aliphatic rings. The van der Waals surface area contributed by atoms with E-state index in [1.165, 1.54) is 0 Å². The Morgan fingerprint density at radius 1 is 1.00 bits per heavy atom. The zero-order valence-corrected chi connectivity index (χ0v) is 20.4. The lowest BCUT2D eigenvalue weighted by Gasteiger charge is -2.31. The first-order valence-corrected chi connectivity index (χ1v) is 12.2. The van der Waals surface area contributed by atoms with Gasteiger partial charge in [-0.2, -0.15) is 0 Å². The number of nitrogens with zero attached hydrogens (tertiary/aromatic N) is 3. The van der Waals surface area contributed by atoms with Crippen molar-refractivity contribution < 1.29 is 4.79 Å². The van der Waals surface area contributed by atoms with Gasteiger partial charge in [-0.3, -0.25) is 9.78 Å². The van der Waals surface area contributed by atoms with Crippen LogP contribution in [0.3, 0.4) is 0 Å². The lowest BCUT2D eigenvalue weighted by Crippen LogP contribution is -2.40. The molecule has 1 aromatic carbocycles. The highest BCUT2D eigenvalue weighted by molar-refractivity contribution is 6.05. The lowest BCUT2D eigenvalue weighted by molar-refractivity contribution is 0.0928. The fraction of sp³-hybridized carbons (Fsp3) is 0.393. The molecule has 3 aromatic heterocycles. The fourth-order valence-corrected chi connectivity index (χ4v) is 4.91. The molecule has 0 spiro atoms. The maximum Gasteiger partial charge on any atom is 0.252 e. The van der Waals surface area contributed by atoms with E-state index in [-0.39, 0.29) is 17.4 Å². The van der Waals surface area contributed by atoms with Crippen LogP contribution in [0.25, 0.3) is 21.9 Å². The summed E-state index contributed by atoms with van der Waals surface area (Å²) in [7, 11) is 1.95. The van der Waals surface area contributed by atoms with Crippen LogP contribution in [0.1, 0.15) is 62.5 Å². The van der Waals surface area contributed by atoms with Gasteiger partial charge in [0.25, 0.3) is 5.91 Å². The highest BCUT2D eigenvalue weighted by Crippen LogP contribution is 2.31. The molecule has 3 heterocycles. The van der Waals surface area contributed by atoms with Gasteiger partial charge in [-0.25, -0.2) is 4.98 Å². The zero-order chi connectivity index (χ0) is 23.9. The minimum Gasteiger partial charge on any atom is -0.382 e. The Balaban J connectivity index is 1.26. The Labute approximate surface area is 200 Å². The molecule has 0 aliphatic heterocycles. The molecule has 2 N–H and O–H groups in total. The molecule has 0 atom stereocenters. The summed E-state index contributed by atoms with van der Waals surface area (Å²) < 4.78 is 1.94. The summed E-state index contributed by atoms with van der Waals surface area (Å²) in [6.45, 7) is 6.61. The Kier molecular flexibility index (Phi) is 5.76. The number of aryl methyl sites for hydroxylation is 1. The molecule has 0 saturated heterocycles. The molecule has 176 valence electrons. The second kappa shape index (κ2) is 8.75. The summed E-state index contributed by atoms with van der Waals surface area (Å²) in [6, 6.07) is 14.9. The minimum atomic E-state index is -0.0144. The standard InChI is InChI=1S/C28H33N5O/c1-28(2,3)25-17-24(22-7-5-6-8-23(22)32-25)30-18-9-11-19(12-10-18)31-27(34)21-13-15-29-26-20(21)14-16-33(26)4/h5-8,13-19H,9-12H2,1-4H3,(H,30,32)(H,31,34). The molecule has 6 heteroatoms. The number of aromatic nitrogens is 3. The number of nitrogens with one attached hydrogen (secondary N) is 2. The summed E-state index contributed by atoms with van der Waals surface area (Å²) in [5.74, 6) is -0.00930. The van der Waals surface area contributed by atoms with E-state index in [9.17, 15) is 4.79 Å². The zero-order valence-electron chi connectivity index (χ0n) is 20.4. The number of hydrogen-bond donors (Lipinski definition) is 2. The van der Waals surface area contributed by atoms with Gasteiger partial charge in [-0.1, -0.05) is 39.0 Å². The smallest absolute Gasteiger partial charge is 0.252 e. The van der Waals surface area contributed by atoms with Crippen LogP contribution in [-0.2, 0) is 12.5 Å². The number of amides is 1. The van der Waals surface area contributed by atoms with Crippen LogP contribution in [0.15, 0.2) is 54.9 Å². The van der Waals surface area contributed by atoms with Crippen molar-refractivity contribution in [3.63, 3.8) is 0 Å². The Morgan fingerprint density at radius 2 is 1.74 bits per heavy atom. The third kappa shape index (κ3) is 4.37. The predicted molar refractivity (Wildman–Crippen MR) is 138 cm³/mol. The summed E-state index contributed by atoms with van der Waals surface area (Å²) >= 11 is 0. The van der Waals surface area contributed by atoms with Gasteiger partial charge in [-0.15, -0.1) is 0 Å². The van der Waals surface area contributed by atoms with Gasteiger partial charge < -0.3 is 15.2 Å². The largest absolute Gasteiger partial charge is 0.382 e. The van der Waals surface area contributed by atoms with Gasteiger partial charge in [0.05, 0.1) is 11.1 Å². The van der Waals surface area contributed by atoms with Crippen LogP contribution in [0.2, 0.25) is 0 Å². The highest BCUT2D eigenvalue weighted by Gasteiger charge is 2.25. The van der Waals surface area contributed by atoms with Gasteiger partial charge in [0.2, 0.25) is 0 Å². The molecular formula is C28H33N5O. The predicted octanol–water partition coefficient (Wildman–Crippen LogP) is 5.57. The second-order valence-electron chi connectivity index (χ2n) is 10.5. The van der Waals surface area contributed by atoms with E-state index in [1.54, 1.807) is 6.20 Å². The van der Waals surface area contributed by atoms with Crippen LogP contribution < -0.4 is 10.6 Å². The SMILES string of the molecule is Cn1ccc2c(C(=O)NC3CCC(Nc4cc(C(C)(C)C)nc5ccccc45)CC3)ccnc21. The number of para-hydroxylation sites is 1. The topological polar surface area (TPSA) is 71.8 Å². The van der Waals surface area contributed by atoms with E-state index >= 15 is 0 Å². The van der Waals surface area contributed by atoms with Crippen molar-refractivity contribution in [1.82, 2.24) is 19.9 Å². The van der Waals surface area contributed by atoms with E-state index in [0.29, 0.717) is 11.6 Å². The molecule has 0 radical (unpaired) electrons. The third-order valence-electron chi connectivity index (χ3n) is 6.92. The highest BCUT2D eigenvalue weighted by atomic mass is 16.1. The summed E-state index contributed by atoms with van der Waals surface area (Å²) in [4.78, 5) is 22.3. The quantitative estimate of drug-likeness (QED) is 0.422. The number of benzene rings is 1. The van der Waals surface area contributed by atoms with Crippen LogP contribution in [0.4, 0.5) is 5.69 Å². The van der Waals surface area contributed by atoms with E-state index in [1.807, 2.05) is 36.0 Å². The molecule has 5 rings (SSSR count). The van der Waals surface area contributed by atoms with Gasteiger partial charge in [0, 0.05) is 59.1 Å². The minimum absolute atomic E-state index is 0.00930. The van der Waals surface area contributed by atoms with Crippen molar-refractivity contribution in [3.05, 3.63) is 66.1 Å². The van der Waals surface area contributed by atoms with Crippen molar-refractivity contribution in [3.8, 4) is 0 Å². The van der Waals surface area contributed by atoms with E-state index < -0.39 is 0 Å². The summed E-state index contributed by atoms with van der Waals surface area (Å²) in [6.07, 6.45) is 7.61. The average Bonchev–Trinajstić information content (AvgIpc) is 3.20. The first kappa shape index (κ1) is 22.4.